The number of fused-ring (bicyclic) bond motifs is 1. The van der Waals surface area contributed by atoms with Crippen LogP contribution in [0.2, 0.25) is 5.28 Å². The van der Waals surface area contributed by atoms with Gasteiger partial charge in [-0.05, 0) is 29.4 Å². The normalized spacial score (nSPS) is 29.9. The summed E-state index contributed by atoms with van der Waals surface area (Å²) < 4.78 is 13.5. The molecule has 3 atom stereocenters. The number of rotatable bonds is 2. The molecule has 2 fully saturated rings. The number of nitriles is 1. The lowest BCUT2D eigenvalue weighted by Crippen LogP contribution is -2.26. The van der Waals surface area contributed by atoms with E-state index in [0.29, 0.717) is 24.2 Å². The fraction of sp³-hybridized carbons (Fsp3) is 0.545. The average molecular weight is 253 g/mol. The van der Waals surface area contributed by atoms with Crippen molar-refractivity contribution in [3.05, 3.63) is 17.3 Å². The lowest BCUT2D eigenvalue weighted by Gasteiger charge is -2.20. The van der Waals surface area contributed by atoms with Gasteiger partial charge in [0.05, 0.1) is 12.3 Å². The monoisotopic (exact) mass is 252 g/mol. The van der Waals surface area contributed by atoms with E-state index >= 15 is 0 Å². The van der Waals surface area contributed by atoms with Crippen molar-refractivity contribution in [2.24, 2.45) is 17.8 Å². The maximum absolute atomic E-state index is 13.5. The highest BCUT2D eigenvalue weighted by molar-refractivity contribution is 6.28. The highest BCUT2D eigenvalue weighted by Crippen LogP contribution is 2.54. The highest BCUT2D eigenvalue weighted by atomic mass is 35.5. The SMILES string of the molecule is N#CC[C@H]1[C@H]2CN(c3nc(Cl)ncc3F)C[C@@H]12. The minimum atomic E-state index is -0.437. The van der Waals surface area contributed by atoms with Gasteiger partial charge in [-0.25, -0.2) is 9.37 Å². The number of hydrogen-bond acceptors (Lipinski definition) is 4. The number of aromatic nitrogens is 2. The molecule has 0 radical (unpaired) electrons. The van der Waals surface area contributed by atoms with Crippen LogP contribution in [0.5, 0.6) is 0 Å². The fourth-order valence-corrected chi connectivity index (χ4v) is 2.92. The molecule has 0 spiro atoms. The number of halogens is 2. The highest BCUT2D eigenvalue weighted by Gasteiger charge is 2.55. The summed E-state index contributed by atoms with van der Waals surface area (Å²) >= 11 is 5.66. The van der Waals surface area contributed by atoms with E-state index in [1.54, 1.807) is 0 Å². The number of hydrogen-bond donors (Lipinski definition) is 0. The second-order valence-corrected chi connectivity index (χ2v) is 4.91. The van der Waals surface area contributed by atoms with Crippen molar-refractivity contribution in [3.8, 4) is 6.07 Å². The van der Waals surface area contributed by atoms with Crippen LogP contribution in [0.15, 0.2) is 6.20 Å². The van der Waals surface area contributed by atoms with Gasteiger partial charge in [0.15, 0.2) is 11.6 Å². The van der Waals surface area contributed by atoms with Crippen LogP contribution in [0.4, 0.5) is 10.2 Å². The summed E-state index contributed by atoms with van der Waals surface area (Å²) in [4.78, 5) is 9.41. The fourth-order valence-electron chi connectivity index (χ4n) is 2.79. The van der Waals surface area contributed by atoms with Crippen molar-refractivity contribution in [1.29, 1.82) is 5.26 Å². The zero-order valence-electron chi connectivity index (χ0n) is 8.98. The smallest absolute Gasteiger partial charge is 0.224 e. The first kappa shape index (κ1) is 10.7. The molecule has 2 aliphatic rings. The van der Waals surface area contributed by atoms with Crippen LogP contribution in [0.3, 0.4) is 0 Å². The number of nitrogens with zero attached hydrogens (tertiary/aromatic N) is 4. The summed E-state index contributed by atoms with van der Waals surface area (Å²) in [5.41, 5.74) is 0. The number of piperidine rings is 1. The van der Waals surface area contributed by atoms with Gasteiger partial charge in [0.25, 0.3) is 0 Å². The zero-order chi connectivity index (χ0) is 12.0. The molecule has 1 saturated carbocycles. The summed E-state index contributed by atoms with van der Waals surface area (Å²) in [5.74, 6) is 1.38. The Morgan fingerprint density at radius 2 is 2.24 bits per heavy atom. The van der Waals surface area contributed by atoms with E-state index in [0.717, 1.165) is 19.3 Å². The Bertz CT molecular complexity index is 489. The molecule has 4 nitrogen and oxygen atoms in total. The summed E-state index contributed by atoms with van der Waals surface area (Å²) in [7, 11) is 0. The largest absolute Gasteiger partial charge is 0.353 e. The Hall–Kier alpha value is -1.41. The predicted octanol–water partition coefficient (Wildman–Crippen LogP) is 1.86. The van der Waals surface area contributed by atoms with Crippen molar-refractivity contribution < 1.29 is 4.39 Å². The van der Waals surface area contributed by atoms with Gasteiger partial charge in [-0.15, -0.1) is 0 Å². The second kappa shape index (κ2) is 3.81. The molecule has 2 heterocycles. The van der Waals surface area contributed by atoms with Crippen molar-refractivity contribution in [2.75, 3.05) is 18.0 Å². The predicted molar refractivity (Wildman–Crippen MR) is 59.9 cm³/mol. The summed E-state index contributed by atoms with van der Waals surface area (Å²) in [6.45, 7) is 1.53. The third-order valence-electron chi connectivity index (χ3n) is 3.69. The molecule has 88 valence electrons. The molecule has 17 heavy (non-hydrogen) atoms. The van der Waals surface area contributed by atoms with Gasteiger partial charge in [-0.1, -0.05) is 0 Å². The molecule has 1 aliphatic carbocycles. The molecule has 1 aliphatic heterocycles. The Kier molecular flexibility index (Phi) is 2.40. The molecule has 6 heteroatoms. The summed E-state index contributed by atoms with van der Waals surface area (Å²) in [6.07, 6.45) is 1.71. The van der Waals surface area contributed by atoms with Crippen LogP contribution in [0.25, 0.3) is 0 Å². The molecule has 1 aromatic rings. The average Bonchev–Trinajstić information content (AvgIpc) is 2.76. The van der Waals surface area contributed by atoms with Crippen molar-refractivity contribution >= 4 is 17.4 Å². The lowest BCUT2D eigenvalue weighted by molar-refractivity contribution is 0.589. The first-order valence-corrected chi connectivity index (χ1v) is 5.88. The van der Waals surface area contributed by atoms with Gasteiger partial charge in [0.2, 0.25) is 5.28 Å². The Labute approximate surface area is 103 Å². The van der Waals surface area contributed by atoms with Crippen LogP contribution >= 0.6 is 11.6 Å². The van der Waals surface area contributed by atoms with E-state index in [4.69, 9.17) is 16.9 Å². The molecular formula is C11H10ClFN4. The van der Waals surface area contributed by atoms with Crippen LogP contribution in [-0.2, 0) is 0 Å². The van der Waals surface area contributed by atoms with E-state index in [2.05, 4.69) is 16.0 Å². The van der Waals surface area contributed by atoms with Gasteiger partial charge in [0, 0.05) is 19.5 Å². The second-order valence-electron chi connectivity index (χ2n) is 4.57. The molecule has 0 unspecified atom stereocenters. The summed E-state index contributed by atoms with van der Waals surface area (Å²) in [5, 5.41) is 8.70. The summed E-state index contributed by atoms with van der Waals surface area (Å²) in [6, 6.07) is 2.19. The van der Waals surface area contributed by atoms with Crippen molar-refractivity contribution in [2.45, 2.75) is 6.42 Å². The maximum atomic E-state index is 13.5. The van der Waals surface area contributed by atoms with Crippen LogP contribution in [-0.4, -0.2) is 23.1 Å². The lowest BCUT2D eigenvalue weighted by atomic mass is 10.2. The first-order chi connectivity index (χ1) is 8.20. The molecule has 3 rings (SSSR count). The third-order valence-corrected chi connectivity index (χ3v) is 3.88. The minimum Gasteiger partial charge on any atom is -0.353 e. The van der Waals surface area contributed by atoms with E-state index in [1.807, 2.05) is 4.90 Å². The molecule has 1 aromatic heterocycles. The van der Waals surface area contributed by atoms with Gasteiger partial charge in [-0.3, -0.25) is 0 Å². The topological polar surface area (TPSA) is 52.8 Å². The van der Waals surface area contributed by atoms with Crippen molar-refractivity contribution in [3.63, 3.8) is 0 Å². The molecule has 0 bridgehead atoms. The van der Waals surface area contributed by atoms with Gasteiger partial charge < -0.3 is 4.90 Å². The standard InChI is InChI=1S/C11H10ClFN4/c12-11-15-3-9(13)10(16-11)17-4-7-6(1-2-14)8(7)5-17/h3,6-8H,1,4-5H2/t6-,7+,8-. The third kappa shape index (κ3) is 1.73. The molecule has 0 amide bonds. The first-order valence-electron chi connectivity index (χ1n) is 5.50. The Balaban J connectivity index is 1.73. The minimum absolute atomic E-state index is 0.0653. The van der Waals surface area contributed by atoms with Gasteiger partial charge >= 0.3 is 0 Å². The van der Waals surface area contributed by atoms with Crippen molar-refractivity contribution in [1.82, 2.24) is 9.97 Å². The van der Waals surface area contributed by atoms with E-state index in [9.17, 15) is 4.39 Å². The molecule has 0 N–H and O–H groups in total. The molecule has 1 saturated heterocycles. The van der Waals surface area contributed by atoms with Crippen LogP contribution in [0, 0.1) is 34.9 Å². The maximum Gasteiger partial charge on any atom is 0.224 e. The zero-order valence-corrected chi connectivity index (χ0v) is 9.73. The Morgan fingerprint density at radius 1 is 1.53 bits per heavy atom. The van der Waals surface area contributed by atoms with E-state index in [1.165, 1.54) is 0 Å². The van der Waals surface area contributed by atoms with E-state index in [-0.39, 0.29) is 11.1 Å². The van der Waals surface area contributed by atoms with Gasteiger partial charge in [-0.2, -0.15) is 10.2 Å². The van der Waals surface area contributed by atoms with Crippen LogP contribution in [0.1, 0.15) is 6.42 Å². The number of anilines is 1. The Morgan fingerprint density at radius 3 is 2.88 bits per heavy atom. The molecule has 0 aromatic carbocycles. The van der Waals surface area contributed by atoms with Gasteiger partial charge in [0.1, 0.15) is 0 Å². The quantitative estimate of drug-likeness (QED) is 0.754. The van der Waals surface area contributed by atoms with E-state index < -0.39 is 5.82 Å². The molecular weight excluding hydrogens is 243 g/mol. The van der Waals surface area contributed by atoms with Crippen LogP contribution < -0.4 is 4.90 Å².